The standard InChI is InChI=1S/C15H26N2O3S/c1-12(2)17-21(19,20)15-8-6-14(7-9-15)16-10-4-5-13(3)11-18/h6-9,12-13,16-18H,4-5,10-11H2,1-3H3. The quantitative estimate of drug-likeness (QED) is 0.611. The van der Waals surface area contributed by atoms with Crippen LogP contribution in [0.4, 0.5) is 5.69 Å². The van der Waals surface area contributed by atoms with Gasteiger partial charge in [-0.3, -0.25) is 0 Å². The number of hydrogen-bond acceptors (Lipinski definition) is 4. The van der Waals surface area contributed by atoms with Crippen molar-refractivity contribution in [2.75, 3.05) is 18.5 Å². The van der Waals surface area contributed by atoms with Gasteiger partial charge in [0.05, 0.1) is 4.90 Å². The number of hydrogen-bond donors (Lipinski definition) is 3. The average Bonchev–Trinajstić information content (AvgIpc) is 2.42. The van der Waals surface area contributed by atoms with Crippen molar-refractivity contribution in [2.45, 2.75) is 44.6 Å². The van der Waals surface area contributed by atoms with Crippen LogP contribution in [0, 0.1) is 5.92 Å². The first-order valence-corrected chi connectivity index (χ1v) is 8.80. The van der Waals surface area contributed by atoms with Gasteiger partial charge in [-0.15, -0.1) is 0 Å². The highest BCUT2D eigenvalue weighted by Gasteiger charge is 2.14. The summed E-state index contributed by atoms with van der Waals surface area (Å²) in [5.41, 5.74) is 0.898. The van der Waals surface area contributed by atoms with Crippen LogP contribution in [-0.2, 0) is 10.0 Å². The maximum Gasteiger partial charge on any atom is 0.240 e. The summed E-state index contributed by atoms with van der Waals surface area (Å²) in [7, 11) is -3.42. The van der Waals surface area contributed by atoms with Crippen LogP contribution in [0.25, 0.3) is 0 Å². The summed E-state index contributed by atoms with van der Waals surface area (Å²) in [6.07, 6.45) is 1.94. The highest BCUT2D eigenvalue weighted by atomic mass is 32.2. The largest absolute Gasteiger partial charge is 0.396 e. The minimum Gasteiger partial charge on any atom is -0.396 e. The number of aliphatic hydroxyl groups excluding tert-OH is 1. The van der Waals surface area contributed by atoms with E-state index in [2.05, 4.69) is 10.0 Å². The number of rotatable bonds is 9. The topological polar surface area (TPSA) is 78.4 Å². The molecule has 1 aromatic rings. The van der Waals surface area contributed by atoms with Crippen molar-refractivity contribution in [3.8, 4) is 0 Å². The summed E-state index contributed by atoms with van der Waals surface area (Å²) in [5.74, 6) is 0.321. The summed E-state index contributed by atoms with van der Waals surface area (Å²) in [4.78, 5) is 0.274. The molecule has 0 radical (unpaired) electrons. The van der Waals surface area contributed by atoms with Crippen molar-refractivity contribution >= 4 is 15.7 Å². The van der Waals surface area contributed by atoms with E-state index in [1.807, 2.05) is 6.92 Å². The second kappa shape index (κ2) is 8.36. The van der Waals surface area contributed by atoms with Gasteiger partial charge >= 0.3 is 0 Å². The van der Waals surface area contributed by atoms with Crippen LogP contribution in [-0.4, -0.2) is 32.7 Å². The first-order chi connectivity index (χ1) is 9.85. The van der Waals surface area contributed by atoms with E-state index in [0.717, 1.165) is 25.1 Å². The Balaban J connectivity index is 2.51. The molecule has 0 bridgehead atoms. The lowest BCUT2D eigenvalue weighted by Gasteiger charge is -2.11. The number of nitrogens with one attached hydrogen (secondary N) is 2. The monoisotopic (exact) mass is 314 g/mol. The van der Waals surface area contributed by atoms with Gasteiger partial charge in [-0.25, -0.2) is 13.1 Å². The van der Waals surface area contributed by atoms with Gasteiger partial charge in [0.25, 0.3) is 0 Å². The first kappa shape index (κ1) is 17.9. The maximum atomic E-state index is 12.0. The Labute approximate surface area is 127 Å². The second-order valence-electron chi connectivity index (χ2n) is 5.66. The number of anilines is 1. The molecular formula is C15H26N2O3S. The molecule has 1 atom stereocenters. The third-order valence-electron chi connectivity index (χ3n) is 3.07. The molecule has 0 aromatic heterocycles. The van der Waals surface area contributed by atoms with Gasteiger partial charge in [0.2, 0.25) is 10.0 Å². The molecule has 1 aromatic carbocycles. The summed E-state index contributed by atoms with van der Waals surface area (Å²) in [5, 5.41) is 12.2. The highest BCUT2D eigenvalue weighted by Crippen LogP contribution is 2.15. The Morgan fingerprint density at radius 3 is 2.29 bits per heavy atom. The van der Waals surface area contributed by atoms with Crippen molar-refractivity contribution in [3.05, 3.63) is 24.3 Å². The molecule has 0 aliphatic heterocycles. The number of benzene rings is 1. The fraction of sp³-hybridized carbons (Fsp3) is 0.600. The van der Waals surface area contributed by atoms with Gasteiger partial charge in [-0.1, -0.05) is 6.92 Å². The molecule has 5 nitrogen and oxygen atoms in total. The second-order valence-corrected chi connectivity index (χ2v) is 7.37. The van der Waals surface area contributed by atoms with E-state index in [0.29, 0.717) is 5.92 Å². The molecular weight excluding hydrogens is 288 g/mol. The molecule has 0 heterocycles. The third-order valence-corrected chi connectivity index (χ3v) is 4.74. The van der Waals surface area contributed by atoms with Crippen LogP contribution < -0.4 is 10.0 Å². The van der Waals surface area contributed by atoms with Crippen molar-refractivity contribution in [1.82, 2.24) is 4.72 Å². The molecule has 3 N–H and O–H groups in total. The Morgan fingerprint density at radius 2 is 1.76 bits per heavy atom. The van der Waals surface area contributed by atoms with Gasteiger partial charge in [-0.2, -0.15) is 0 Å². The van der Waals surface area contributed by atoms with Crippen LogP contribution >= 0.6 is 0 Å². The molecule has 1 rings (SSSR count). The van der Waals surface area contributed by atoms with E-state index in [-0.39, 0.29) is 17.5 Å². The molecule has 0 saturated carbocycles. The first-order valence-electron chi connectivity index (χ1n) is 7.32. The minimum absolute atomic E-state index is 0.124. The van der Waals surface area contributed by atoms with E-state index in [1.165, 1.54) is 0 Å². The maximum absolute atomic E-state index is 12.0. The molecule has 0 aliphatic carbocycles. The Bertz CT molecular complexity index is 512. The van der Waals surface area contributed by atoms with Crippen LogP contribution in [0.2, 0.25) is 0 Å². The molecule has 0 amide bonds. The normalized spacial score (nSPS) is 13.4. The highest BCUT2D eigenvalue weighted by molar-refractivity contribution is 7.89. The lowest BCUT2D eigenvalue weighted by Crippen LogP contribution is -2.30. The summed E-state index contributed by atoms with van der Waals surface area (Å²) >= 11 is 0. The van der Waals surface area contributed by atoms with Gasteiger partial charge in [0.15, 0.2) is 0 Å². The Morgan fingerprint density at radius 1 is 1.14 bits per heavy atom. The minimum atomic E-state index is -3.42. The van der Waals surface area contributed by atoms with E-state index < -0.39 is 10.0 Å². The molecule has 0 saturated heterocycles. The summed E-state index contributed by atoms with van der Waals surface area (Å²) in [6, 6.07) is 6.61. The molecule has 120 valence electrons. The van der Waals surface area contributed by atoms with E-state index in [4.69, 9.17) is 5.11 Å². The van der Waals surface area contributed by atoms with Gasteiger partial charge in [-0.05, 0) is 56.9 Å². The van der Waals surface area contributed by atoms with Crippen LogP contribution in [0.15, 0.2) is 29.2 Å². The number of aliphatic hydroxyl groups is 1. The molecule has 6 heteroatoms. The van der Waals surface area contributed by atoms with E-state index in [9.17, 15) is 8.42 Å². The molecule has 0 spiro atoms. The smallest absolute Gasteiger partial charge is 0.240 e. The fourth-order valence-corrected chi connectivity index (χ4v) is 3.16. The summed E-state index contributed by atoms with van der Waals surface area (Å²) in [6.45, 7) is 6.62. The zero-order valence-corrected chi connectivity index (χ0v) is 13.8. The zero-order valence-electron chi connectivity index (χ0n) is 13.0. The van der Waals surface area contributed by atoms with Crippen molar-refractivity contribution in [3.63, 3.8) is 0 Å². The Hall–Kier alpha value is -1.11. The van der Waals surface area contributed by atoms with E-state index in [1.54, 1.807) is 38.1 Å². The van der Waals surface area contributed by atoms with Crippen LogP contribution in [0.1, 0.15) is 33.6 Å². The SMILES string of the molecule is CC(CO)CCCNc1ccc(S(=O)(=O)NC(C)C)cc1. The third kappa shape index (κ3) is 6.46. The molecule has 21 heavy (non-hydrogen) atoms. The fourth-order valence-electron chi connectivity index (χ4n) is 1.90. The van der Waals surface area contributed by atoms with Crippen LogP contribution in [0.3, 0.4) is 0 Å². The molecule has 0 aliphatic rings. The summed E-state index contributed by atoms with van der Waals surface area (Å²) < 4.78 is 26.5. The number of sulfonamides is 1. The molecule has 0 fully saturated rings. The average molecular weight is 314 g/mol. The lowest BCUT2D eigenvalue weighted by molar-refractivity contribution is 0.229. The van der Waals surface area contributed by atoms with Gasteiger partial charge < -0.3 is 10.4 Å². The van der Waals surface area contributed by atoms with Crippen LogP contribution in [0.5, 0.6) is 0 Å². The van der Waals surface area contributed by atoms with Crippen molar-refractivity contribution in [2.24, 2.45) is 5.92 Å². The van der Waals surface area contributed by atoms with Crippen molar-refractivity contribution < 1.29 is 13.5 Å². The van der Waals surface area contributed by atoms with Gasteiger partial charge in [0, 0.05) is 24.9 Å². The molecule has 1 unspecified atom stereocenters. The zero-order chi connectivity index (χ0) is 15.9. The van der Waals surface area contributed by atoms with Gasteiger partial charge in [0.1, 0.15) is 0 Å². The predicted octanol–water partition coefficient (Wildman–Crippen LogP) is 2.19. The van der Waals surface area contributed by atoms with Crippen molar-refractivity contribution in [1.29, 1.82) is 0 Å². The lowest BCUT2D eigenvalue weighted by atomic mass is 10.1. The predicted molar refractivity (Wildman–Crippen MR) is 85.9 cm³/mol. The Kier molecular flexibility index (Phi) is 7.14. The van der Waals surface area contributed by atoms with E-state index >= 15 is 0 Å².